The van der Waals surface area contributed by atoms with Gasteiger partial charge in [0.1, 0.15) is 5.75 Å². The number of benzene rings is 3. The Balaban J connectivity index is 1.72. The second kappa shape index (κ2) is 10.4. The van der Waals surface area contributed by atoms with Gasteiger partial charge in [0.15, 0.2) is 6.10 Å². The van der Waals surface area contributed by atoms with Gasteiger partial charge < -0.3 is 15.4 Å². The number of hydrogen-bond acceptors (Lipinski definition) is 3. The summed E-state index contributed by atoms with van der Waals surface area (Å²) in [6.07, 6.45) is 0.193. The minimum Gasteiger partial charge on any atom is -0.480 e. The first-order valence-electron chi connectivity index (χ1n) is 10.5. The minimum atomic E-state index is -0.782. The van der Waals surface area contributed by atoms with Crippen molar-refractivity contribution in [3.8, 4) is 5.75 Å². The van der Waals surface area contributed by atoms with Gasteiger partial charge >= 0.3 is 0 Å². The molecule has 0 unspecified atom stereocenters. The van der Waals surface area contributed by atoms with E-state index in [1.165, 1.54) is 0 Å². The summed E-state index contributed by atoms with van der Waals surface area (Å²) < 4.78 is 5.89. The van der Waals surface area contributed by atoms with Crippen LogP contribution in [-0.4, -0.2) is 17.9 Å². The zero-order valence-electron chi connectivity index (χ0n) is 18.1. The molecule has 0 heterocycles. The number of nitrogens with one attached hydrogen (secondary N) is 2. The first-order valence-corrected chi connectivity index (χ1v) is 10.5. The van der Waals surface area contributed by atoms with E-state index in [0.29, 0.717) is 22.9 Å². The second-order valence-corrected chi connectivity index (χ2v) is 7.46. The molecule has 5 heteroatoms. The fraction of sp³-hybridized carbons (Fsp3) is 0.231. The van der Waals surface area contributed by atoms with Crippen LogP contribution >= 0.6 is 0 Å². The van der Waals surface area contributed by atoms with Gasteiger partial charge in [-0.25, -0.2) is 0 Å². The van der Waals surface area contributed by atoms with Crippen molar-refractivity contribution in [3.63, 3.8) is 0 Å². The minimum absolute atomic E-state index is 0.269. The highest BCUT2D eigenvalue weighted by Crippen LogP contribution is 2.27. The van der Waals surface area contributed by atoms with Crippen molar-refractivity contribution < 1.29 is 14.3 Å². The molecule has 160 valence electrons. The number of amides is 2. The van der Waals surface area contributed by atoms with Crippen LogP contribution in [0.1, 0.15) is 49.0 Å². The first kappa shape index (κ1) is 22.1. The summed E-state index contributed by atoms with van der Waals surface area (Å²) in [5.41, 5.74) is 2.93. The second-order valence-electron chi connectivity index (χ2n) is 7.46. The van der Waals surface area contributed by atoms with E-state index in [1.807, 2.05) is 54.6 Å². The van der Waals surface area contributed by atoms with Crippen molar-refractivity contribution in [1.29, 1.82) is 0 Å². The first-order chi connectivity index (χ1) is 15.0. The summed E-state index contributed by atoms with van der Waals surface area (Å²) >= 11 is 0. The van der Waals surface area contributed by atoms with E-state index in [4.69, 9.17) is 4.74 Å². The number of rotatable bonds is 8. The van der Waals surface area contributed by atoms with E-state index < -0.39 is 6.10 Å². The van der Waals surface area contributed by atoms with E-state index in [1.54, 1.807) is 31.2 Å². The van der Waals surface area contributed by atoms with Crippen molar-refractivity contribution >= 4 is 23.2 Å². The molecule has 0 saturated carbocycles. The summed E-state index contributed by atoms with van der Waals surface area (Å²) in [6.45, 7) is 5.92. The number of ether oxygens (including phenoxy) is 1. The Bertz CT molecular complexity index is 1030. The third-order valence-electron chi connectivity index (χ3n) is 5.20. The Morgan fingerprint density at radius 1 is 0.839 bits per heavy atom. The predicted molar refractivity (Wildman–Crippen MR) is 125 cm³/mol. The molecule has 3 aromatic carbocycles. The fourth-order valence-electron chi connectivity index (χ4n) is 3.22. The number of carbonyl (C=O) groups excluding carboxylic acids is 2. The van der Waals surface area contributed by atoms with Gasteiger partial charge in [0.2, 0.25) is 0 Å². The monoisotopic (exact) mass is 416 g/mol. The Morgan fingerprint density at radius 3 is 2.23 bits per heavy atom. The van der Waals surface area contributed by atoms with E-state index >= 15 is 0 Å². The van der Waals surface area contributed by atoms with Gasteiger partial charge in [-0.1, -0.05) is 62.4 Å². The van der Waals surface area contributed by atoms with Crippen LogP contribution in [0, 0.1) is 0 Å². The summed E-state index contributed by atoms with van der Waals surface area (Å²) in [4.78, 5) is 25.6. The van der Waals surface area contributed by atoms with Gasteiger partial charge in [-0.2, -0.15) is 0 Å². The van der Waals surface area contributed by atoms with Crippen LogP contribution in [0.15, 0.2) is 78.9 Å². The van der Waals surface area contributed by atoms with Crippen LogP contribution in [-0.2, 0) is 4.79 Å². The lowest BCUT2D eigenvalue weighted by molar-refractivity contribution is -0.122. The number of anilines is 2. The highest BCUT2D eigenvalue weighted by atomic mass is 16.5. The Morgan fingerprint density at radius 2 is 1.48 bits per heavy atom. The molecular formula is C26H28N2O3. The molecule has 5 nitrogen and oxygen atoms in total. The fourth-order valence-corrected chi connectivity index (χ4v) is 3.22. The average Bonchev–Trinajstić information content (AvgIpc) is 2.79. The molecule has 0 fully saturated rings. The highest BCUT2D eigenvalue weighted by Gasteiger charge is 2.20. The molecule has 0 spiro atoms. The normalized spacial score (nSPS) is 12.5. The smallest absolute Gasteiger partial charge is 0.265 e. The van der Waals surface area contributed by atoms with Gasteiger partial charge in [-0.3, -0.25) is 9.59 Å². The molecule has 0 aromatic heterocycles. The number of hydrogen-bond donors (Lipinski definition) is 2. The third-order valence-corrected chi connectivity index (χ3v) is 5.20. The van der Waals surface area contributed by atoms with Crippen LogP contribution in [0.2, 0.25) is 0 Å². The maximum Gasteiger partial charge on any atom is 0.265 e. The standard InChI is InChI=1S/C26H28N2O3/c1-4-18(2)21-14-8-10-16-23(21)28-25(29)19(3)31-24-17-11-9-15-22(24)26(30)27-20-12-6-5-7-13-20/h5-19H,4H2,1-3H3,(H,27,30)(H,28,29)/t18-,19-/m1/s1. The third kappa shape index (κ3) is 5.72. The predicted octanol–water partition coefficient (Wildman–Crippen LogP) is 5.86. The lowest BCUT2D eigenvalue weighted by Crippen LogP contribution is -2.31. The van der Waals surface area contributed by atoms with Gasteiger partial charge in [0.25, 0.3) is 11.8 Å². The number of para-hydroxylation sites is 3. The van der Waals surface area contributed by atoms with Crippen LogP contribution in [0.3, 0.4) is 0 Å². The van der Waals surface area contributed by atoms with E-state index in [-0.39, 0.29) is 11.8 Å². The number of carbonyl (C=O) groups is 2. The molecule has 2 N–H and O–H groups in total. The maximum absolute atomic E-state index is 12.8. The quantitative estimate of drug-likeness (QED) is 0.483. The van der Waals surface area contributed by atoms with Gasteiger partial charge in [-0.05, 0) is 55.2 Å². The largest absolute Gasteiger partial charge is 0.480 e. The molecule has 0 saturated heterocycles. The van der Waals surface area contributed by atoms with Gasteiger partial charge in [0, 0.05) is 11.4 Å². The Labute approximate surface area is 183 Å². The van der Waals surface area contributed by atoms with Gasteiger partial charge in [0.05, 0.1) is 5.56 Å². The molecule has 0 aliphatic carbocycles. The molecule has 0 bridgehead atoms. The van der Waals surface area contributed by atoms with Crippen molar-refractivity contribution in [3.05, 3.63) is 90.0 Å². The zero-order chi connectivity index (χ0) is 22.2. The summed E-state index contributed by atoms with van der Waals surface area (Å²) in [7, 11) is 0. The molecule has 31 heavy (non-hydrogen) atoms. The van der Waals surface area contributed by atoms with E-state index in [0.717, 1.165) is 17.7 Å². The highest BCUT2D eigenvalue weighted by molar-refractivity contribution is 6.06. The summed E-state index contributed by atoms with van der Waals surface area (Å²) in [5, 5.41) is 5.82. The average molecular weight is 417 g/mol. The van der Waals surface area contributed by atoms with Crippen molar-refractivity contribution in [1.82, 2.24) is 0 Å². The molecular weight excluding hydrogens is 388 g/mol. The molecule has 2 amide bonds. The van der Waals surface area contributed by atoms with Crippen LogP contribution < -0.4 is 15.4 Å². The van der Waals surface area contributed by atoms with Crippen LogP contribution in [0.5, 0.6) is 5.75 Å². The maximum atomic E-state index is 12.8. The van der Waals surface area contributed by atoms with Crippen LogP contribution in [0.25, 0.3) is 0 Å². The van der Waals surface area contributed by atoms with Crippen molar-refractivity contribution in [2.45, 2.75) is 39.2 Å². The lowest BCUT2D eigenvalue weighted by Gasteiger charge is -2.19. The Hall–Kier alpha value is -3.60. The Kier molecular flexibility index (Phi) is 7.44. The van der Waals surface area contributed by atoms with Crippen molar-refractivity contribution in [2.24, 2.45) is 0 Å². The topological polar surface area (TPSA) is 67.4 Å². The molecule has 2 atom stereocenters. The molecule has 0 aliphatic heterocycles. The van der Waals surface area contributed by atoms with Gasteiger partial charge in [-0.15, -0.1) is 0 Å². The zero-order valence-corrected chi connectivity index (χ0v) is 18.1. The van der Waals surface area contributed by atoms with E-state index in [2.05, 4.69) is 24.5 Å². The lowest BCUT2D eigenvalue weighted by atomic mass is 9.97. The molecule has 0 radical (unpaired) electrons. The van der Waals surface area contributed by atoms with Crippen molar-refractivity contribution in [2.75, 3.05) is 10.6 Å². The van der Waals surface area contributed by atoms with E-state index in [9.17, 15) is 9.59 Å². The summed E-state index contributed by atoms with van der Waals surface area (Å²) in [5.74, 6) is 0.120. The van der Waals surface area contributed by atoms with Crippen LogP contribution in [0.4, 0.5) is 11.4 Å². The SMILES string of the molecule is CC[C@@H](C)c1ccccc1NC(=O)[C@@H](C)Oc1ccccc1C(=O)Nc1ccccc1. The molecule has 0 aliphatic rings. The molecule has 3 rings (SSSR count). The molecule has 3 aromatic rings. The summed E-state index contributed by atoms with van der Waals surface area (Å²) in [6, 6.07) is 23.9.